The van der Waals surface area contributed by atoms with E-state index in [2.05, 4.69) is 15.5 Å². The summed E-state index contributed by atoms with van der Waals surface area (Å²) in [4.78, 5) is 18.0. The molecule has 0 saturated carbocycles. The minimum atomic E-state index is -0.832. The molecule has 7 nitrogen and oxygen atoms in total. The Morgan fingerprint density at radius 1 is 1.23 bits per heavy atom. The Labute approximate surface area is 147 Å². The van der Waals surface area contributed by atoms with Crippen LogP contribution in [-0.4, -0.2) is 34.0 Å². The van der Waals surface area contributed by atoms with Crippen LogP contribution < -0.4 is 5.32 Å². The minimum Gasteiger partial charge on any atom is -0.461 e. The van der Waals surface area contributed by atoms with E-state index in [9.17, 15) is 13.6 Å². The molecule has 0 saturated heterocycles. The van der Waals surface area contributed by atoms with Crippen LogP contribution in [0, 0.1) is 11.6 Å². The average molecular weight is 362 g/mol. The fourth-order valence-corrected chi connectivity index (χ4v) is 2.30. The van der Waals surface area contributed by atoms with Crippen LogP contribution in [0.15, 0.2) is 45.5 Å². The van der Waals surface area contributed by atoms with Gasteiger partial charge in [-0.05, 0) is 30.8 Å². The van der Waals surface area contributed by atoms with Gasteiger partial charge in [0.25, 0.3) is 0 Å². The number of benzene rings is 1. The Kier molecular flexibility index (Phi) is 5.37. The summed E-state index contributed by atoms with van der Waals surface area (Å²) in [6, 6.07) is 6.78. The van der Waals surface area contributed by atoms with Gasteiger partial charge < -0.3 is 14.3 Å². The van der Waals surface area contributed by atoms with Crippen molar-refractivity contribution in [3.63, 3.8) is 0 Å². The van der Waals surface area contributed by atoms with Crippen LogP contribution in [0.5, 0.6) is 0 Å². The lowest BCUT2D eigenvalue weighted by Crippen LogP contribution is -2.33. The number of nitrogens with zero attached hydrogens (tertiary/aromatic N) is 3. The molecule has 0 aliphatic rings. The van der Waals surface area contributed by atoms with E-state index in [1.54, 1.807) is 17.0 Å². The molecule has 0 aliphatic carbocycles. The molecule has 1 N–H and O–H groups in total. The predicted molar refractivity (Wildman–Crippen MR) is 87.9 cm³/mol. The zero-order valence-corrected chi connectivity index (χ0v) is 13.9. The van der Waals surface area contributed by atoms with Gasteiger partial charge in [0, 0.05) is 0 Å². The van der Waals surface area contributed by atoms with Crippen LogP contribution >= 0.6 is 0 Å². The minimum absolute atomic E-state index is 0.0945. The smallest absolute Gasteiger partial charge is 0.241 e. The fraction of sp³-hybridized carbons (Fsp3) is 0.235. The number of carbonyl (C=O) groups is 1. The van der Waals surface area contributed by atoms with Crippen molar-refractivity contribution in [2.24, 2.45) is 0 Å². The second kappa shape index (κ2) is 7.87. The Morgan fingerprint density at radius 2 is 2.00 bits per heavy atom. The molecule has 1 aromatic carbocycles. The number of nitrogens with one attached hydrogen (secondary N) is 1. The van der Waals surface area contributed by atoms with Crippen LogP contribution in [0.4, 0.5) is 14.5 Å². The molecule has 0 radical (unpaired) electrons. The van der Waals surface area contributed by atoms with E-state index in [4.69, 9.17) is 8.94 Å². The highest BCUT2D eigenvalue weighted by Crippen LogP contribution is 2.18. The lowest BCUT2D eigenvalue weighted by Gasteiger charge is -2.17. The maximum atomic E-state index is 13.6. The first kappa shape index (κ1) is 17.7. The summed E-state index contributed by atoms with van der Waals surface area (Å²) in [5.74, 6) is -1.15. The number of para-hydroxylation sites is 1. The number of halogens is 2. The summed E-state index contributed by atoms with van der Waals surface area (Å²) in [5.41, 5.74) is -0.466. The molecule has 26 heavy (non-hydrogen) atoms. The Bertz CT molecular complexity index is 860. The van der Waals surface area contributed by atoms with Gasteiger partial charge in [0.1, 0.15) is 17.3 Å². The molecule has 0 unspecified atom stereocenters. The lowest BCUT2D eigenvalue weighted by atomic mass is 10.3. The van der Waals surface area contributed by atoms with Crippen LogP contribution in [0.1, 0.15) is 12.8 Å². The number of aromatic nitrogens is 2. The summed E-state index contributed by atoms with van der Waals surface area (Å²) in [6.45, 7) is 2.44. The molecule has 1 amide bonds. The highest BCUT2D eigenvalue weighted by molar-refractivity contribution is 5.92. The van der Waals surface area contributed by atoms with Gasteiger partial charge in [-0.15, -0.1) is 0 Å². The highest BCUT2D eigenvalue weighted by atomic mass is 19.1. The largest absolute Gasteiger partial charge is 0.461 e. The maximum Gasteiger partial charge on any atom is 0.241 e. The van der Waals surface area contributed by atoms with E-state index < -0.39 is 23.2 Å². The van der Waals surface area contributed by atoms with Crippen molar-refractivity contribution in [2.75, 3.05) is 18.4 Å². The van der Waals surface area contributed by atoms with E-state index in [1.807, 2.05) is 6.92 Å². The van der Waals surface area contributed by atoms with E-state index in [0.717, 1.165) is 12.1 Å². The van der Waals surface area contributed by atoms with Crippen LogP contribution in [0.25, 0.3) is 11.6 Å². The zero-order chi connectivity index (χ0) is 18.5. The first-order valence-electron chi connectivity index (χ1n) is 7.89. The summed E-state index contributed by atoms with van der Waals surface area (Å²) >= 11 is 0. The molecule has 0 spiro atoms. The van der Waals surface area contributed by atoms with Gasteiger partial charge in [0.2, 0.25) is 17.6 Å². The molecule has 3 aromatic rings. The van der Waals surface area contributed by atoms with Crippen molar-refractivity contribution in [1.29, 1.82) is 0 Å². The molecule has 0 atom stereocenters. The average Bonchev–Trinajstić information content (AvgIpc) is 3.29. The number of furan rings is 1. The molecule has 136 valence electrons. The molecule has 2 heterocycles. The number of amides is 1. The SMILES string of the molecule is CCN(CC(=O)Nc1c(F)cccc1F)Cc1nc(-c2ccco2)no1. The van der Waals surface area contributed by atoms with Crippen LogP contribution in [0.2, 0.25) is 0 Å². The van der Waals surface area contributed by atoms with E-state index in [0.29, 0.717) is 24.0 Å². The fourth-order valence-electron chi connectivity index (χ4n) is 2.30. The Hall–Kier alpha value is -3.07. The number of carbonyl (C=O) groups excluding carboxylic acids is 1. The summed E-state index contributed by atoms with van der Waals surface area (Å²) < 4.78 is 37.5. The van der Waals surface area contributed by atoms with Crippen molar-refractivity contribution >= 4 is 11.6 Å². The maximum absolute atomic E-state index is 13.6. The molecular formula is C17H16F2N4O3. The van der Waals surface area contributed by atoms with E-state index in [-0.39, 0.29) is 13.1 Å². The molecule has 2 aromatic heterocycles. The second-order valence-corrected chi connectivity index (χ2v) is 5.44. The number of hydrogen-bond donors (Lipinski definition) is 1. The standard InChI is InChI=1S/C17H16F2N4O3/c1-2-23(9-14(24)20-16-11(18)5-3-6-12(16)19)10-15-21-17(22-26-15)13-7-4-8-25-13/h3-8H,2,9-10H2,1H3,(H,20,24). The molecule has 9 heteroatoms. The number of hydrogen-bond acceptors (Lipinski definition) is 6. The summed E-state index contributed by atoms with van der Waals surface area (Å²) in [6.07, 6.45) is 1.50. The molecule has 0 fully saturated rings. The Balaban J connectivity index is 1.61. The third-order valence-corrected chi connectivity index (χ3v) is 3.61. The Morgan fingerprint density at radius 3 is 2.65 bits per heavy atom. The first-order chi connectivity index (χ1) is 12.6. The van der Waals surface area contributed by atoms with Crippen LogP contribution in [0.3, 0.4) is 0 Å². The van der Waals surface area contributed by atoms with Gasteiger partial charge in [0.15, 0.2) is 5.76 Å². The molecule has 3 rings (SSSR count). The van der Waals surface area contributed by atoms with Crippen molar-refractivity contribution < 1.29 is 22.5 Å². The highest BCUT2D eigenvalue weighted by Gasteiger charge is 2.17. The van der Waals surface area contributed by atoms with Crippen molar-refractivity contribution in [3.8, 4) is 11.6 Å². The zero-order valence-electron chi connectivity index (χ0n) is 13.9. The molecule has 0 aliphatic heterocycles. The summed E-state index contributed by atoms with van der Waals surface area (Å²) in [5, 5.41) is 6.05. The van der Waals surface area contributed by atoms with Gasteiger partial charge in [-0.2, -0.15) is 4.98 Å². The van der Waals surface area contributed by atoms with Crippen molar-refractivity contribution in [1.82, 2.24) is 15.0 Å². The predicted octanol–water partition coefficient (Wildman–Crippen LogP) is 3.07. The topological polar surface area (TPSA) is 84.4 Å². The number of likely N-dealkylation sites (N-methyl/N-ethyl adjacent to an activating group) is 1. The van der Waals surface area contributed by atoms with Gasteiger partial charge in [0.05, 0.1) is 19.4 Å². The van der Waals surface area contributed by atoms with Gasteiger partial charge in [-0.1, -0.05) is 18.1 Å². The quantitative estimate of drug-likeness (QED) is 0.695. The number of anilines is 1. The van der Waals surface area contributed by atoms with Crippen molar-refractivity contribution in [3.05, 3.63) is 54.1 Å². The molecule has 0 bridgehead atoms. The normalized spacial score (nSPS) is 11.1. The monoisotopic (exact) mass is 362 g/mol. The third kappa shape index (κ3) is 4.12. The lowest BCUT2D eigenvalue weighted by molar-refractivity contribution is -0.117. The third-order valence-electron chi connectivity index (χ3n) is 3.61. The number of rotatable bonds is 7. The second-order valence-electron chi connectivity index (χ2n) is 5.44. The first-order valence-corrected chi connectivity index (χ1v) is 7.89. The van der Waals surface area contributed by atoms with Gasteiger partial charge in [-0.25, -0.2) is 8.78 Å². The summed E-state index contributed by atoms with van der Waals surface area (Å²) in [7, 11) is 0. The van der Waals surface area contributed by atoms with Crippen molar-refractivity contribution in [2.45, 2.75) is 13.5 Å². The van der Waals surface area contributed by atoms with Gasteiger partial charge in [-0.3, -0.25) is 9.69 Å². The van der Waals surface area contributed by atoms with Gasteiger partial charge >= 0.3 is 0 Å². The van der Waals surface area contributed by atoms with E-state index >= 15 is 0 Å². The van der Waals surface area contributed by atoms with Crippen LogP contribution in [-0.2, 0) is 11.3 Å². The molecular weight excluding hydrogens is 346 g/mol. The van der Waals surface area contributed by atoms with E-state index in [1.165, 1.54) is 12.3 Å².